The molecule has 0 aromatic heterocycles. The molecular weight excluding hydrogens is 312 g/mol. The molecule has 0 aromatic carbocycles. The second-order valence-electron chi connectivity index (χ2n) is 6.96. The quantitative estimate of drug-likeness (QED) is 0.779. The van der Waals surface area contributed by atoms with Crippen molar-refractivity contribution in [2.75, 3.05) is 19.7 Å². The zero-order valence-corrected chi connectivity index (χ0v) is 14.3. The summed E-state index contributed by atoms with van der Waals surface area (Å²) >= 11 is 0. The van der Waals surface area contributed by atoms with Crippen LogP contribution in [0, 0.1) is 0 Å². The molecule has 134 valence electrons. The second-order valence-corrected chi connectivity index (χ2v) is 6.96. The van der Waals surface area contributed by atoms with Crippen LogP contribution in [-0.4, -0.2) is 58.9 Å². The number of carbonyl (C=O) groups excluding carboxylic acids is 3. The number of nitrogens with one attached hydrogen (secondary N) is 1. The van der Waals surface area contributed by atoms with E-state index < -0.39 is 24.2 Å². The molecule has 0 bridgehead atoms. The first-order chi connectivity index (χ1) is 11.3. The van der Waals surface area contributed by atoms with Crippen molar-refractivity contribution >= 4 is 17.6 Å². The lowest BCUT2D eigenvalue weighted by Gasteiger charge is -2.31. The van der Waals surface area contributed by atoms with Gasteiger partial charge in [-0.15, -0.1) is 0 Å². The fourth-order valence-electron chi connectivity index (χ4n) is 3.02. The Balaban J connectivity index is 2.02. The molecule has 1 atom stereocenters. The van der Waals surface area contributed by atoms with Crippen molar-refractivity contribution in [2.24, 2.45) is 0 Å². The SMILES string of the molecule is CC1(C)CC(=O)C=C(C(=O)N[C@@H](CO)C(=O)N2CCCCCC2)O1. The number of hydrogen-bond acceptors (Lipinski definition) is 5. The van der Waals surface area contributed by atoms with Crippen molar-refractivity contribution in [3.8, 4) is 0 Å². The predicted octanol–water partition coefficient (Wildman–Crippen LogP) is 0.518. The van der Waals surface area contributed by atoms with Crippen LogP contribution >= 0.6 is 0 Å². The third kappa shape index (κ3) is 4.80. The zero-order chi connectivity index (χ0) is 17.7. The zero-order valence-electron chi connectivity index (χ0n) is 14.3. The summed E-state index contributed by atoms with van der Waals surface area (Å²) in [6, 6.07) is -1.03. The molecule has 24 heavy (non-hydrogen) atoms. The number of likely N-dealkylation sites (tertiary alicyclic amines) is 1. The van der Waals surface area contributed by atoms with E-state index in [1.807, 2.05) is 0 Å². The molecule has 0 saturated carbocycles. The minimum absolute atomic E-state index is 0.113. The van der Waals surface area contributed by atoms with E-state index in [2.05, 4.69) is 5.32 Å². The van der Waals surface area contributed by atoms with Crippen LogP contribution in [0.5, 0.6) is 0 Å². The number of nitrogens with zero attached hydrogens (tertiary/aromatic N) is 1. The highest BCUT2D eigenvalue weighted by molar-refractivity contribution is 6.03. The summed E-state index contributed by atoms with van der Waals surface area (Å²) in [5.41, 5.74) is -0.762. The lowest BCUT2D eigenvalue weighted by molar-refractivity contribution is -0.138. The van der Waals surface area contributed by atoms with Gasteiger partial charge in [0.05, 0.1) is 6.61 Å². The number of ketones is 1. The van der Waals surface area contributed by atoms with Crippen molar-refractivity contribution in [1.82, 2.24) is 10.2 Å². The highest BCUT2D eigenvalue weighted by Crippen LogP contribution is 2.24. The van der Waals surface area contributed by atoms with Gasteiger partial charge < -0.3 is 20.1 Å². The second kappa shape index (κ2) is 7.79. The van der Waals surface area contributed by atoms with Crippen molar-refractivity contribution in [3.63, 3.8) is 0 Å². The van der Waals surface area contributed by atoms with E-state index in [1.54, 1.807) is 18.7 Å². The van der Waals surface area contributed by atoms with Gasteiger partial charge in [-0.2, -0.15) is 0 Å². The van der Waals surface area contributed by atoms with Gasteiger partial charge in [0.2, 0.25) is 5.91 Å². The minimum atomic E-state index is -1.03. The largest absolute Gasteiger partial charge is 0.482 e. The molecule has 1 saturated heterocycles. The average Bonchev–Trinajstić information content (AvgIpc) is 2.78. The molecule has 2 aliphatic rings. The van der Waals surface area contributed by atoms with Crippen molar-refractivity contribution in [2.45, 2.75) is 57.6 Å². The van der Waals surface area contributed by atoms with Crippen LogP contribution in [0.3, 0.4) is 0 Å². The molecule has 2 N–H and O–H groups in total. The van der Waals surface area contributed by atoms with Gasteiger partial charge in [0, 0.05) is 25.6 Å². The van der Waals surface area contributed by atoms with Crippen molar-refractivity contribution in [3.05, 3.63) is 11.8 Å². The van der Waals surface area contributed by atoms with Gasteiger partial charge in [-0.1, -0.05) is 12.8 Å². The Hall–Kier alpha value is -1.89. The van der Waals surface area contributed by atoms with E-state index in [9.17, 15) is 19.5 Å². The Labute approximate surface area is 142 Å². The van der Waals surface area contributed by atoms with Crippen LogP contribution in [-0.2, 0) is 19.1 Å². The summed E-state index contributed by atoms with van der Waals surface area (Å²) < 4.78 is 5.52. The van der Waals surface area contributed by atoms with E-state index in [4.69, 9.17) is 4.74 Å². The predicted molar refractivity (Wildman–Crippen MR) is 86.9 cm³/mol. The summed E-state index contributed by atoms with van der Waals surface area (Å²) in [6.45, 7) is 4.21. The van der Waals surface area contributed by atoms with Crippen LogP contribution in [0.1, 0.15) is 46.0 Å². The van der Waals surface area contributed by atoms with Crippen molar-refractivity contribution < 1.29 is 24.2 Å². The highest BCUT2D eigenvalue weighted by Gasteiger charge is 2.34. The van der Waals surface area contributed by atoms with E-state index in [1.165, 1.54) is 0 Å². The number of ether oxygens (including phenoxy) is 1. The molecule has 2 amide bonds. The Morgan fingerprint density at radius 1 is 1.29 bits per heavy atom. The molecular formula is C17H26N2O5. The Kier molecular flexibility index (Phi) is 5.99. The number of amides is 2. The lowest BCUT2D eigenvalue weighted by atomic mass is 9.98. The average molecular weight is 338 g/mol. The Morgan fingerprint density at radius 2 is 1.92 bits per heavy atom. The maximum atomic E-state index is 12.5. The number of hydrogen-bond donors (Lipinski definition) is 2. The number of aliphatic hydroxyl groups excluding tert-OH is 1. The highest BCUT2D eigenvalue weighted by atomic mass is 16.5. The van der Waals surface area contributed by atoms with Crippen LogP contribution in [0.2, 0.25) is 0 Å². The molecule has 1 fully saturated rings. The van der Waals surface area contributed by atoms with E-state index in [0.29, 0.717) is 13.1 Å². The number of aliphatic hydroxyl groups is 1. The number of rotatable bonds is 4. The topological polar surface area (TPSA) is 95.9 Å². The fraction of sp³-hybridized carbons (Fsp3) is 0.706. The molecule has 7 heteroatoms. The van der Waals surface area contributed by atoms with Gasteiger partial charge in [-0.25, -0.2) is 0 Å². The lowest BCUT2D eigenvalue weighted by Crippen LogP contribution is -2.51. The first kappa shape index (κ1) is 18.4. The summed E-state index contributed by atoms with van der Waals surface area (Å²) in [5, 5.41) is 12.0. The maximum absolute atomic E-state index is 12.5. The third-order valence-corrected chi connectivity index (χ3v) is 4.21. The molecule has 2 aliphatic heterocycles. The number of allylic oxidation sites excluding steroid dienone is 1. The first-order valence-corrected chi connectivity index (χ1v) is 8.46. The molecule has 0 aliphatic carbocycles. The fourth-order valence-corrected chi connectivity index (χ4v) is 3.02. The molecule has 0 radical (unpaired) electrons. The monoisotopic (exact) mass is 338 g/mol. The molecule has 2 heterocycles. The summed E-state index contributed by atoms with van der Waals surface area (Å²) in [6.07, 6.45) is 5.35. The summed E-state index contributed by atoms with van der Waals surface area (Å²) in [7, 11) is 0. The van der Waals surface area contributed by atoms with Crippen LogP contribution in [0.25, 0.3) is 0 Å². The van der Waals surface area contributed by atoms with Crippen molar-refractivity contribution in [1.29, 1.82) is 0 Å². The molecule has 0 unspecified atom stereocenters. The Bertz CT molecular complexity index is 533. The summed E-state index contributed by atoms with van der Waals surface area (Å²) in [4.78, 5) is 38.2. The number of carbonyl (C=O) groups is 3. The van der Waals surface area contributed by atoms with Gasteiger partial charge in [0.15, 0.2) is 11.5 Å². The minimum Gasteiger partial charge on any atom is -0.482 e. The van der Waals surface area contributed by atoms with Crippen LogP contribution in [0.4, 0.5) is 0 Å². The first-order valence-electron chi connectivity index (χ1n) is 8.46. The smallest absolute Gasteiger partial charge is 0.287 e. The van der Waals surface area contributed by atoms with E-state index in [-0.39, 0.29) is 23.9 Å². The van der Waals surface area contributed by atoms with E-state index >= 15 is 0 Å². The molecule has 7 nitrogen and oxygen atoms in total. The molecule has 0 aromatic rings. The normalized spacial score (nSPS) is 22.0. The molecule has 0 spiro atoms. The van der Waals surface area contributed by atoms with Gasteiger partial charge in [0.1, 0.15) is 11.6 Å². The van der Waals surface area contributed by atoms with Gasteiger partial charge in [0.25, 0.3) is 5.91 Å². The van der Waals surface area contributed by atoms with Gasteiger partial charge >= 0.3 is 0 Å². The van der Waals surface area contributed by atoms with E-state index in [0.717, 1.165) is 31.8 Å². The van der Waals surface area contributed by atoms with Gasteiger partial charge in [-0.3, -0.25) is 14.4 Å². The Morgan fingerprint density at radius 3 is 2.46 bits per heavy atom. The summed E-state index contributed by atoms with van der Waals surface area (Å²) in [5.74, 6) is -1.26. The third-order valence-electron chi connectivity index (χ3n) is 4.21. The maximum Gasteiger partial charge on any atom is 0.287 e. The van der Waals surface area contributed by atoms with Crippen LogP contribution < -0.4 is 5.32 Å². The standard InChI is InChI=1S/C17H26N2O5/c1-17(2)10-12(21)9-14(24-17)15(22)18-13(11-20)16(23)19-7-5-3-4-6-8-19/h9,13,20H,3-8,10-11H2,1-2H3,(H,18,22)/t13-/m0/s1. The van der Waals surface area contributed by atoms with Gasteiger partial charge in [-0.05, 0) is 26.7 Å². The van der Waals surface area contributed by atoms with Crippen LogP contribution in [0.15, 0.2) is 11.8 Å². The molecule has 2 rings (SSSR count).